The molecule has 1 rings (SSSR count). The molecule has 0 saturated carbocycles. The summed E-state index contributed by atoms with van der Waals surface area (Å²) in [6, 6.07) is 3.46. The Morgan fingerprint density at radius 2 is 2.11 bits per heavy atom. The summed E-state index contributed by atoms with van der Waals surface area (Å²) in [4.78, 5) is -0.469. The molecule has 1 aromatic carbocycles. The third-order valence-electron chi connectivity index (χ3n) is 2.31. The Kier molecular flexibility index (Phi) is 5.86. The Morgan fingerprint density at radius 3 is 2.68 bits per heavy atom. The van der Waals surface area contributed by atoms with Crippen LogP contribution in [0.2, 0.25) is 0 Å². The Balaban J connectivity index is 2.77. The molecule has 0 aliphatic carbocycles. The smallest absolute Gasteiger partial charge is 0.243 e. The Bertz CT molecular complexity index is 516. The molecule has 0 amide bonds. The van der Waals surface area contributed by atoms with Crippen molar-refractivity contribution < 1.29 is 22.7 Å². The van der Waals surface area contributed by atoms with Crippen LogP contribution in [0.25, 0.3) is 0 Å². The lowest BCUT2D eigenvalue weighted by Crippen LogP contribution is -2.29. The minimum atomic E-state index is -3.94. The van der Waals surface area contributed by atoms with Crippen LogP contribution in [0.15, 0.2) is 23.1 Å². The van der Waals surface area contributed by atoms with Crippen molar-refractivity contribution in [2.24, 2.45) is 0 Å². The number of hydrogen-bond donors (Lipinski definition) is 2. The van der Waals surface area contributed by atoms with E-state index < -0.39 is 20.7 Å². The van der Waals surface area contributed by atoms with Crippen molar-refractivity contribution in [3.8, 4) is 0 Å². The number of ether oxygens (including phenoxy) is 1. The average Bonchev–Trinajstić information content (AvgIpc) is 2.35. The van der Waals surface area contributed by atoms with Crippen molar-refractivity contribution in [3.63, 3.8) is 0 Å². The summed E-state index contributed by atoms with van der Waals surface area (Å²) in [6.07, 6.45) is -0.000966. The quantitative estimate of drug-likeness (QED) is 0.736. The van der Waals surface area contributed by atoms with E-state index in [1.807, 2.05) is 13.8 Å². The molecule has 19 heavy (non-hydrogen) atoms. The molecular formula is C12H18FNO4S. The number of benzene rings is 1. The molecule has 0 unspecified atom stereocenters. The van der Waals surface area contributed by atoms with Gasteiger partial charge >= 0.3 is 0 Å². The van der Waals surface area contributed by atoms with Gasteiger partial charge in [-0.1, -0.05) is 6.07 Å². The second kappa shape index (κ2) is 6.95. The van der Waals surface area contributed by atoms with Gasteiger partial charge in [0.2, 0.25) is 10.0 Å². The molecule has 0 aliphatic heterocycles. The summed E-state index contributed by atoms with van der Waals surface area (Å²) in [5.41, 5.74) is 0.334. The largest absolute Gasteiger partial charge is 0.392 e. The molecule has 108 valence electrons. The first kappa shape index (κ1) is 16.0. The van der Waals surface area contributed by atoms with Crippen LogP contribution in [0.1, 0.15) is 19.4 Å². The first-order valence-electron chi connectivity index (χ1n) is 5.87. The average molecular weight is 291 g/mol. The third kappa shape index (κ3) is 4.87. The van der Waals surface area contributed by atoms with Gasteiger partial charge in [0.25, 0.3) is 0 Å². The van der Waals surface area contributed by atoms with Gasteiger partial charge < -0.3 is 9.84 Å². The number of halogens is 1. The summed E-state index contributed by atoms with van der Waals surface area (Å²) in [7, 11) is -3.94. The molecule has 0 aromatic heterocycles. The topological polar surface area (TPSA) is 75.6 Å². The number of nitrogens with one attached hydrogen (secondary N) is 1. The highest BCUT2D eigenvalue weighted by molar-refractivity contribution is 7.89. The van der Waals surface area contributed by atoms with Gasteiger partial charge in [-0.15, -0.1) is 0 Å². The monoisotopic (exact) mass is 291 g/mol. The number of aliphatic hydroxyl groups is 1. The molecule has 0 spiro atoms. The number of aliphatic hydroxyl groups excluding tert-OH is 1. The third-order valence-corrected chi connectivity index (χ3v) is 3.79. The highest BCUT2D eigenvalue weighted by Gasteiger charge is 2.19. The standard InChI is InChI=1S/C12H18FNO4S/c1-9(2)18-6-5-14-19(16,17)12-7-10(8-15)3-4-11(12)13/h3-4,7,9,14-15H,5-6,8H2,1-2H3. The van der Waals surface area contributed by atoms with E-state index in [0.717, 1.165) is 12.1 Å². The van der Waals surface area contributed by atoms with E-state index in [9.17, 15) is 12.8 Å². The normalized spacial score (nSPS) is 12.1. The maximum absolute atomic E-state index is 13.5. The maximum Gasteiger partial charge on any atom is 0.243 e. The second-order valence-electron chi connectivity index (χ2n) is 4.24. The van der Waals surface area contributed by atoms with E-state index in [4.69, 9.17) is 9.84 Å². The van der Waals surface area contributed by atoms with E-state index in [1.54, 1.807) is 0 Å². The van der Waals surface area contributed by atoms with Gasteiger partial charge in [0.1, 0.15) is 10.7 Å². The lowest BCUT2D eigenvalue weighted by atomic mass is 10.2. The summed E-state index contributed by atoms with van der Waals surface area (Å²) in [5.74, 6) is -0.852. The summed E-state index contributed by atoms with van der Waals surface area (Å²) in [5, 5.41) is 8.94. The summed E-state index contributed by atoms with van der Waals surface area (Å²) in [6.45, 7) is 3.58. The van der Waals surface area contributed by atoms with Gasteiger partial charge in [-0.05, 0) is 31.5 Å². The molecule has 0 saturated heterocycles. The molecule has 0 heterocycles. The number of sulfonamides is 1. The van der Waals surface area contributed by atoms with Crippen LogP contribution in [0.3, 0.4) is 0 Å². The van der Waals surface area contributed by atoms with Gasteiger partial charge in [-0.25, -0.2) is 17.5 Å². The Hall–Kier alpha value is -1.02. The predicted molar refractivity (Wildman–Crippen MR) is 68.6 cm³/mol. The molecule has 0 atom stereocenters. The number of rotatable bonds is 7. The van der Waals surface area contributed by atoms with Crippen LogP contribution in [-0.2, 0) is 21.4 Å². The fourth-order valence-corrected chi connectivity index (χ4v) is 2.54. The minimum Gasteiger partial charge on any atom is -0.392 e. The first-order chi connectivity index (χ1) is 8.86. The van der Waals surface area contributed by atoms with Crippen LogP contribution in [0.4, 0.5) is 4.39 Å². The second-order valence-corrected chi connectivity index (χ2v) is 5.98. The maximum atomic E-state index is 13.5. The molecule has 0 fully saturated rings. The summed E-state index contributed by atoms with van der Waals surface area (Å²) < 4.78 is 44.7. The predicted octanol–water partition coefficient (Wildman–Crippen LogP) is 1.02. The molecule has 0 radical (unpaired) electrons. The minimum absolute atomic E-state index is 0.000966. The van der Waals surface area contributed by atoms with Gasteiger partial charge in [0.05, 0.1) is 19.3 Å². The van der Waals surface area contributed by atoms with E-state index in [0.29, 0.717) is 5.56 Å². The van der Waals surface area contributed by atoms with Crippen molar-refractivity contribution >= 4 is 10.0 Å². The molecule has 0 bridgehead atoms. The lowest BCUT2D eigenvalue weighted by molar-refractivity contribution is 0.0833. The Labute approximate surface area is 112 Å². The van der Waals surface area contributed by atoms with Crippen molar-refractivity contribution in [3.05, 3.63) is 29.6 Å². The zero-order valence-electron chi connectivity index (χ0n) is 10.9. The van der Waals surface area contributed by atoms with Crippen molar-refractivity contribution in [1.82, 2.24) is 4.72 Å². The molecule has 2 N–H and O–H groups in total. The van der Waals surface area contributed by atoms with Crippen molar-refractivity contribution in [2.45, 2.75) is 31.5 Å². The van der Waals surface area contributed by atoms with Gasteiger partial charge in [-0.3, -0.25) is 0 Å². The molecule has 5 nitrogen and oxygen atoms in total. The van der Waals surface area contributed by atoms with Crippen LogP contribution in [0.5, 0.6) is 0 Å². The fourth-order valence-electron chi connectivity index (χ4n) is 1.40. The van der Waals surface area contributed by atoms with E-state index in [2.05, 4.69) is 4.72 Å². The molecule has 7 heteroatoms. The highest BCUT2D eigenvalue weighted by atomic mass is 32.2. The zero-order valence-corrected chi connectivity index (χ0v) is 11.7. The number of hydrogen-bond acceptors (Lipinski definition) is 4. The van der Waals surface area contributed by atoms with Crippen molar-refractivity contribution in [2.75, 3.05) is 13.2 Å². The van der Waals surface area contributed by atoms with E-state index in [1.165, 1.54) is 6.07 Å². The van der Waals surface area contributed by atoms with Crippen LogP contribution >= 0.6 is 0 Å². The van der Waals surface area contributed by atoms with Gasteiger partial charge in [0.15, 0.2) is 0 Å². The molecular weight excluding hydrogens is 273 g/mol. The lowest BCUT2D eigenvalue weighted by Gasteiger charge is -2.10. The zero-order chi connectivity index (χ0) is 14.5. The fraction of sp³-hybridized carbons (Fsp3) is 0.500. The van der Waals surface area contributed by atoms with Crippen LogP contribution in [0, 0.1) is 5.82 Å². The Morgan fingerprint density at radius 1 is 1.42 bits per heavy atom. The molecule has 1 aromatic rings. The van der Waals surface area contributed by atoms with E-state index in [-0.39, 0.29) is 25.9 Å². The van der Waals surface area contributed by atoms with Crippen molar-refractivity contribution in [1.29, 1.82) is 0 Å². The SMILES string of the molecule is CC(C)OCCNS(=O)(=O)c1cc(CO)ccc1F. The summed E-state index contributed by atoms with van der Waals surface area (Å²) >= 11 is 0. The molecule has 0 aliphatic rings. The van der Waals surface area contributed by atoms with Crippen LogP contribution < -0.4 is 4.72 Å². The van der Waals surface area contributed by atoms with Gasteiger partial charge in [-0.2, -0.15) is 0 Å². The van der Waals surface area contributed by atoms with Crippen LogP contribution in [-0.4, -0.2) is 32.8 Å². The van der Waals surface area contributed by atoms with E-state index >= 15 is 0 Å². The highest BCUT2D eigenvalue weighted by Crippen LogP contribution is 2.16. The van der Waals surface area contributed by atoms with Gasteiger partial charge in [0, 0.05) is 6.54 Å². The first-order valence-corrected chi connectivity index (χ1v) is 7.35.